The average Bonchev–Trinajstić information content (AvgIpc) is 2.70. The lowest BCUT2D eigenvalue weighted by Crippen LogP contribution is -2.00. The Balaban J connectivity index is 2.34. The number of hydrogen-bond acceptors (Lipinski definition) is 2. The molecule has 0 saturated heterocycles. The fourth-order valence-electron chi connectivity index (χ4n) is 2.28. The van der Waals surface area contributed by atoms with Gasteiger partial charge >= 0.3 is 0 Å². The molecule has 0 bridgehead atoms. The van der Waals surface area contributed by atoms with Gasteiger partial charge in [-0.2, -0.15) is 0 Å². The summed E-state index contributed by atoms with van der Waals surface area (Å²) in [5.74, 6) is -0.113. The molecule has 1 aliphatic carbocycles. The Bertz CT molecular complexity index is 726. The van der Waals surface area contributed by atoms with Gasteiger partial charge in [-0.3, -0.25) is 9.59 Å². The first-order valence-corrected chi connectivity index (χ1v) is 6.27. The number of fused-ring (bicyclic) bond motifs is 3. The third-order valence-electron chi connectivity index (χ3n) is 3.11. The molecule has 0 fully saturated rings. The predicted octanol–water partition coefficient (Wildman–Crippen LogP) is 3.77. The van der Waals surface area contributed by atoms with Crippen LogP contribution in [0.3, 0.4) is 0 Å². The van der Waals surface area contributed by atoms with Gasteiger partial charge in [0.25, 0.3) is 0 Å². The van der Waals surface area contributed by atoms with Crippen molar-refractivity contribution in [3.63, 3.8) is 0 Å². The first-order chi connectivity index (χ1) is 9.15. The molecule has 0 saturated carbocycles. The van der Waals surface area contributed by atoms with Crippen LogP contribution in [0.25, 0.3) is 11.1 Å². The van der Waals surface area contributed by atoms with Crippen molar-refractivity contribution in [2.24, 2.45) is 0 Å². The Labute approximate surface area is 119 Å². The van der Waals surface area contributed by atoms with E-state index in [0.717, 1.165) is 5.56 Å². The molecular weight excluding hydrogens is 285 g/mol. The number of halogens is 2. The van der Waals surface area contributed by atoms with Crippen LogP contribution in [0.5, 0.6) is 0 Å². The molecule has 0 unspecified atom stereocenters. The summed E-state index contributed by atoms with van der Waals surface area (Å²) in [4.78, 5) is 22.8. The topological polar surface area (TPSA) is 46.2 Å². The van der Waals surface area contributed by atoms with Crippen LogP contribution in [0.1, 0.15) is 15.9 Å². The zero-order chi connectivity index (χ0) is 13.6. The number of rotatable bonds is 2. The van der Waals surface area contributed by atoms with E-state index in [-0.39, 0.29) is 15.8 Å². The molecule has 0 spiro atoms. The summed E-state index contributed by atoms with van der Waals surface area (Å²) in [6.07, 6.45) is 0.497. The minimum absolute atomic E-state index is 0.113. The molecule has 1 amide bonds. The number of benzene rings is 2. The second kappa shape index (κ2) is 4.37. The van der Waals surface area contributed by atoms with Crippen LogP contribution in [0.4, 0.5) is 5.69 Å². The van der Waals surface area contributed by atoms with Crippen LogP contribution in [-0.4, -0.2) is 12.2 Å². The van der Waals surface area contributed by atoms with Crippen LogP contribution in [0.15, 0.2) is 30.3 Å². The standard InChI is InChI=1S/C14H7Cl2NO2/c15-12-10(17-6-18)5-9-11(13(12)16)7-3-1-2-4-8(7)14(9)19/h1-6H,(H,17,18). The Morgan fingerprint density at radius 1 is 1.00 bits per heavy atom. The fraction of sp³-hybridized carbons (Fsp3) is 0. The number of carbonyl (C=O) groups is 2. The van der Waals surface area contributed by atoms with E-state index in [1.807, 2.05) is 12.1 Å². The van der Waals surface area contributed by atoms with E-state index in [1.54, 1.807) is 18.2 Å². The van der Waals surface area contributed by atoms with Crippen molar-refractivity contribution < 1.29 is 9.59 Å². The number of anilines is 1. The lowest BCUT2D eigenvalue weighted by Gasteiger charge is -2.09. The van der Waals surface area contributed by atoms with E-state index >= 15 is 0 Å². The van der Waals surface area contributed by atoms with Crippen molar-refractivity contribution in [3.05, 3.63) is 51.5 Å². The first-order valence-electron chi connectivity index (χ1n) is 5.51. The van der Waals surface area contributed by atoms with E-state index in [0.29, 0.717) is 28.8 Å². The van der Waals surface area contributed by atoms with Crippen molar-refractivity contribution in [2.75, 3.05) is 5.32 Å². The summed E-state index contributed by atoms with van der Waals surface area (Å²) >= 11 is 12.3. The van der Waals surface area contributed by atoms with E-state index in [1.165, 1.54) is 0 Å². The smallest absolute Gasteiger partial charge is 0.211 e. The van der Waals surface area contributed by atoms with Crippen LogP contribution >= 0.6 is 23.2 Å². The normalized spacial score (nSPS) is 12.0. The molecule has 2 aromatic rings. The van der Waals surface area contributed by atoms with Crippen LogP contribution in [0.2, 0.25) is 10.0 Å². The molecule has 19 heavy (non-hydrogen) atoms. The Morgan fingerprint density at radius 2 is 1.68 bits per heavy atom. The minimum Gasteiger partial charge on any atom is -0.327 e. The number of carbonyl (C=O) groups excluding carboxylic acids is 2. The Morgan fingerprint density at radius 3 is 2.37 bits per heavy atom. The number of ketones is 1. The Hall–Kier alpha value is -1.84. The van der Waals surface area contributed by atoms with E-state index < -0.39 is 0 Å². The zero-order valence-corrected chi connectivity index (χ0v) is 11.0. The lowest BCUT2D eigenvalue weighted by molar-refractivity contribution is -0.105. The molecule has 0 aromatic heterocycles. The maximum absolute atomic E-state index is 12.3. The highest BCUT2D eigenvalue weighted by atomic mass is 35.5. The van der Waals surface area contributed by atoms with Gasteiger partial charge in [0.2, 0.25) is 6.41 Å². The molecular formula is C14H7Cl2NO2. The largest absolute Gasteiger partial charge is 0.327 e. The third-order valence-corrected chi connectivity index (χ3v) is 3.97. The van der Waals surface area contributed by atoms with Gasteiger partial charge in [0.15, 0.2) is 5.78 Å². The van der Waals surface area contributed by atoms with Gasteiger partial charge in [-0.25, -0.2) is 0 Å². The summed E-state index contributed by atoms with van der Waals surface area (Å²) in [7, 11) is 0. The van der Waals surface area contributed by atoms with Crippen molar-refractivity contribution in [1.82, 2.24) is 0 Å². The SMILES string of the molecule is O=CNc1cc2c(c(Cl)c1Cl)-c1ccccc1C2=O. The number of amides is 1. The second-order valence-corrected chi connectivity index (χ2v) is 4.87. The van der Waals surface area contributed by atoms with Gasteiger partial charge in [-0.1, -0.05) is 47.5 Å². The maximum atomic E-state index is 12.3. The van der Waals surface area contributed by atoms with E-state index in [2.05, 4.69) is 5.32 Å². The van der Waals surface area contributed by atoms with Crippen molar-refractivity contribution in [1.29, 1.82) is 0 Å². The molecule has 1 N–H and O–H groups in total. The molecule has 3 nitrogen and oxygen atoms in total. The highest BCUT2D eigenvalue weighted by Gasteiger charge is 2.30. The van der Waals surface area contributed by atoms with Crippen LogP contribution in [0, 0.1) is 0 Å². The maximum Gasteiger partial charge on any atom is 0.211 e. The molecule has 94 valence electrons. The molecule has 1 aliphatic rings. The summed E-state index contributed by atoms with van der Waals surface area (Å²) in [6, 6.07) is 8.76. The minimum atomic E-state index is -0.113. The highest BCUT2D eigenvalue weighted by molar-refractivity contribution is 6.47. The summed E-state index contributed by atoms with van der Waals surface area (Å²) < 4.78 is 0. The van der Waals surface area contributed by atoms with E-state index in [4.69, 9.17) is 23.2 Å². The van der Waals surface area contributed by atoms with Crippen molar-refractivity contribution in [2.45, 2.75) is 0 Å². The van der Waals surface area contributed by atoms with Crippen LogP contribution in [-0.2, 0) is 4.79 Å². The molecule has 3 rings (SSSR count). The van der Waals surface area contributed by atoms with Gasteiger partial charge in [0, 0.05) is 16.7 Å². The quantitative estimate of drug-likeness (QED) is 0.731. The molecule has 0 heterocycles. The molecule has 0 atom stereocenters. The summed E-state index contributed by atoms with van der Waals surface area (Å²) in [5.41, 5.74) is 2.79. The molecule has 0 aliphatic heterocycles. The first kappa shape index (κ1) is 12.2. The number of hydrogen-bond donors (Lipinski definition) is 1. The van der Waals surface area contributed by atoms with E-state index in [9.17, 15) is 9.59 Å². The van der Waals surface area contributed by atoms with Gasteiger partial charge in [-0.15, -0.1) is 0 Å². The molecule has 5 heteroatoms. The van der Waals surface area contributed by atoms with Crippen molar-refractivity contribution in [3.8, 4) is 11.1 Å². The van der Waals surface area contributed by atoms with Crippen LogP contribution < -0.4 is 5.32 Å². The third kappa shape index (κ3) is 1.66. The predicted molar refractivity (Wildman–Crippen MR) is 75.0 cm³/mol. The molecule has 2 aromatic carbocycles. The monoisotopic (exact) mass is 291 g/mol. The van der Waals surface area contributed by atoms with Crippen molar-refractivity contribution >= 4 is 41.1 Å². The zero-order valence-electron chi connectivity index (χ0n) is 9.54. The second-order valence-electron chi connectivity index (χ2n) is 4.11. The lowest BCUT2D eigenvalue weighted by atomic mass is 10.1. The highest BCUT2D eigenvalue weighted by Crippen LogP contribution is 2.46. The van der Waals surface area contributed by atoms with Gasteiger partial charge < -0.3 is 5.32 Å². The fourth-order valence-corrected chi connectivity index (χ4v) is 2.79. The summed E-state index contributed by atoms with van der Waals surface area (Å²) in [6.45, 7) is 0. The van der Waals surface area contributed by atoms with Gasteiger partial charge in [0.05, 0.1) is 15.7 Å². The summed E-state index contributed by atoms with van der Waals surface area (Å²) in [5, 5.41) is 2.96. The number of nitrogens with one attached hydrogen (secondary N) is 1. The van der Waals surface area contributed by atoms with Gasteiger partial charge in [0.1, 0.15) is 0 Å². The average molecular weight is 292 g/mol. The Kier molecular flexibility index (Phi) is 2.81. The van der Waals surface area contributed by atoms with Gasteiger partial charge in [-0.05, 0) is 11.6 Å². The molecule has 0 radical (unpaired) electrons.